The zero-order valence-corrected chi connectivity index (χ0v) is 14.3. The molecule has 0 aliphatic rings. The Morgan fingerprint density at radius 1 is 1.29 bits per heavy atom. The van der Waals surface area contributed by atoms with Crippen LogP contribution in [-0.2, 0) is 0 Å². The maximum Gasteiger partial charge on any atom is 0.0540 e. The highest BCUT2D eigenvalue weighted by atomic mass is 15.2. The Kier molecular flexibility index (Phi) is 7.12. The number of nitrogens with two attached hydrogens (primary N) is 1. The Labute approximate surface area is 130 Å². The number of aromatic nitrogens is 1. The molecule has 0 fully saturated rings. The monoisotopic (exact) mass is 292 g/mol. The van der Waals surface area contributed by atoms with Crippen molar-refractivity contribution in [2.75, 3.05) is 25.4 Å². The van der Waals surface area contributed by atoms with Gasteiger partial charge in [0.05, 0.1) is 6.04 Å². The first-order valence-corrected chi connectivity index (χ1v) is 8.22. The van der Waals surface area contributed by atoms with Gasteiger partial charge in [-0.2, -0.15) is 0 Å². The van der Waals surface area contributed by atoms with Gasteiger partial charge in [-0.25, -0.2) is 0 Å². The first kappa shape index (κ1) is 17.9. The molecule has 0 radical (unpaired) electrons. The molecule has 0 saturated carbocycles. The van der Waals surface area contributed by atoms with Crippen molar-refractivity contribution >= 4 is 5.69 Å². The van der Waals surface area contributed by atoms with Gasteiger partial charge in [0.15, 0.2) is 0 Å². The van der Waals surface area contributed by atoms with Crippen molar-refractivity contribution in [2.45, 2.75) is 59.0 Å². The molecule has 1 rings (SSSR count). The number of anilines is 1. The van der Waals surface area contributed by atoms with Crippen molar-refractivity contribution in [3.63, 3.8) is 0 Å². The van der Waals surface area contributed by atoms with E-state index < -0.39 is 0 Å². The molecule has 0 amide bonds. The van der Waals surface area contributed by atoms with Gasteiger partial charge in [-0.05, 0) is 45.5 Å². The van der Waals surface area contributed by atoms with Crippen molar-refractivity contribution < 1.29 is 0 Å². The van der Waals surface area contributed by atoms with E-state index in [0.717, 1.165) is 43.7 Å². The summed E-state index contributed by atoms with van der Waals surface area (Å²) in [6.45, 7) is 14.3. The number of likely N-dealkylation sites (N-methyl/N-ethyl adjacent to an activating group) is 1. The minimum atomic E-state index is 0.0236. The lowest BCUT2D eigenvalue weighted by Crippen LogP contribution is -2.54. The highest BCUT2D eigenvalue weighted by molar-refractivity contribution is 5.47. The van der Waals surface area contributed by atoms with Crippen LogP contribution < -0.4 is 11.1 Å². The van der Waals surface area contributed by atoms with E-state index in [2.05, 4.69) is 49.8 Å². The van der Waals surface area contributed by atoms with E-state index in [1.807, 2.05) is 12.3 Å². The van der Waals surface area contributed by atoms with Gasteiger partial charge < -0.3 is 11.1 Å². The summed E-state index contributed by atoms with van der Waals surface area (Å²) < 4.78 is 0. The Morgan fingerprint density at radius 3 is 2.43 bits per heavy atom. The quantitative estimate of drug-likeness (QED) is 0.734. The Morgan fingerprint density at radius 2 is 1.95 bits per heavy atom. The molecule has 1 aromatic heterocycles. The molecule has 0 aromatic carbocycles. The highest BCUT2D eigenvalue weighted by Gasteiger charge is 2.38. The molecule has 1 aromatic rings. The molecule has 120 valence electrons. The topological polar surface area (TPSA) is 54.2 Å². The molecule has 4 nitrogen and oxygen atoms in total. The van der Waals surface area contributed by atoms with Crippen LogP contribution in [0.5, 0.6) is 0 Å². The third-order valence-electron chi connectivity index (χ3n) is 4.62. The average molecular weight is 292 g/mol. The van der Waals surface area contributed by atoms with Crippen LogP contribution in [0.4, 0.5) is 5.69 Å². The number of rotatable bonds is 9. The van der Waals surface area contributed by atoms with Gasteiger partial charge in [-0.1, -0.05) is 27.7 Å². The fourth-order valence-electron chi connectivity index (χ4n) is 3.17. The second-order valence-corrected chi connectivity index (χ2v) is 5.77. The minimum Gasteiger partial charge on any atom is -0.398 e. The molecule has 0 bridgehead atoms. The van der Waals surface area contributed by atoms with Crippen LogP contribution in [-0.4, -0.2) is 35.1 Å². The zero-order valence-electron chi connectivity index (χ0n) is 14.3. The minimum absolute atomic E-state index is 0.0236. The van der Waals surface area contributed by atoms with E-state index in [-0.39, 0.29) is 11.6 Å². The Balaban J connectivity index is 3.24. The number of hydrogen-bond donors (Lipinski definition) is 2. The standard InChI is InChI=1S/C17H32N4/c1-6-11-20-16(14-13-19-12-10-15(14)18)17(5,7-2)21(8-3)9-4/h10,12-13,16,20H,6-9,11H2,1-5H3,(H2,18,19). The molecule has 4 heteroatoms. The van der Waals surface area contributed by atoms with E-state index in [1.54, 1.807) is 6.20 Å². The maximum absolute atomic E-state index is 6.23. The smallest absolute Gasteiger partial charge is 0.0540 e. The summed E-state index contributed by atoms with van der Waals surface area (Å²) in [4.78, 5) is 6.82. The summed E-state index contributed by atoms with van der Waals surface area (Å²) in [6, 6.07) is 2.09. The number of nitrogens with one attached hydrogen (secondary N) is 1. The summed E-state index contributed by atoms with van der Waals surface area (Å²) in [5.41, 5.74) is 8.19. The van der Waals surface area contributed by atoms with E-state index in [4.69, 9.17) is 5.73 Å². The van der Waals surface area contributed by atoms with Crippen LogP contribution >= 0.6 is 0 Å². The second-order valence-electron chi connectivity index (χ2n) is 5.77. The first-order valence-electron chi connectivity index (χ1n) is 8.22. The Hall–Kier alpha value is -1.13. The molecule has 1 heterocycles. The van der Waals surface area contributed by atoms with Crippen LogP contribution in [0.1, 0.15) is 59.1 Å². The molecule has 0 saturated heterocycles. The van der Waals surface area contributed by atoms with Crippen molar-refractivity contribution in [1.29, 1.82) is 0 Å². The number of nitrogens with zero attached hydrogens (tertiary/aromatic N) is 2. The van der Waals surface area contributed by atoms with Gasteiger partial charge in [-0.3, -0.25) is 9.88 Å². The van der Waals surface area contributed by atoms with Gasteiger partial charge in [0, 0.05) is 29.2 Å². The molecule has 0 aliphatic carbocycles. The normalized spacial score (nSPS) is 15.9. The molecule has 2 unspecified atom stereocenters. The lowest BCUT2D eigenvalue weighted by atomic mass is 9.82. The fourth-order valence-corrected chi connectivity index (χ4v) is 3.17. The lowest BCUT2D eigenvalue weighted by molar-refractivity contribution is 0.0699. The maximum atomic E-state index is 6.23. The van der Waals surface area contributed by atoms with Crippen LogP contribution in [0, 0.1) is 0 Å². The summed E-state index contributed by atoms with van der Waals surface area (Å²) in [6.07, 6.45) is 5.84. The summed E-state index contributed by atoms with van der Waals surface area (Å²) in [5, 5.41) is 3.71. The molecular formula is C17H32N4. The third kappa shape index (κ3) is 3.95. The van der Waals surface area contributed by atoms with Gasteiger partial charge in [-0.15, -0.1) is 0 Å². The van der Waals surface area contributed by atoms with Crippen molar-refractivity contribution in [3.05, 3.63) is 24.0 Å². The highest BCUT2D eigenvalue weighted by Crippen LogP contribution is 2.36. The Bertz CT molecular complexity index is 417. The van der Waals surface area contributed by atoms with Crippen molar-refractivity contribution in [3.8, 4) is 0 Å². The van der Waals surface area contributed by atoms with E-state index in [9.17, 15) is 0 Å². The molecule has 3 N–H and O–H groups in total. The predicted molar refractivity (Wildman–Crippen MR) is 91.3 cm³/mol. The SMILES string of the molecule is CCCNC(c1cnccc1N)C(C)(CC)N(CC)CC. The zero-order chi connectivity index (χ0) is 15.9. The average Bonchev–Trinajstić information content (AvgIpc) is 2.50. The molecular weight excluding hydrogens is 260 g/mol. The summed E-state index contributed by atoms with van der Waals surface area (Å²) in [7, 11) is 0. The van der Waals surface area contributed by atoms with Crippen LogP contribution in [0.25, 0.3) is 0 Å². The number of pyridine rings is 1. The largest absolute Gasteiger partial charge is 0.398 e. The summed E-state index contributed by atoms with van der Waals surface area (Å²) in [5.74, 6) is 0. The van der Waals surface area contributed by atoms with Gasteiger partial charge >= 0.3 is 0 Å². The fraction of sp³-hybridized carbons (Fsp3) is 0.706. The van der Waals surface area contributed by atoms with Gasteiger partial charge in [0.2, 0.25) is 0 Å². The van der Waals surface area contributed by atoms with Crippen LogP contribution in [0.3, 0.4) is 0 Å². The number of nitrogen functional groups attached to an aromatic ring is 1. The van der Waals surface area contributed by atoms with E-state index >= 15 is 0 Å². The van der Waals surface area contributed by atoms with E-state index in [0.29, 0.717) is 0 Å². The molecule has 2 atom stereocenters. The number of hydrogen-bond acceptors (Lipinski definition) is 4. The molecule has 0 spiro atoms. The van der Waals surface area contributed by atoms with Crippen molar-refractivity contribution in [1.82, 2.24) is 15.2 Å². The third-order valence-corrected chi connectivity index (χ3v) is 4.62. The van der Waals surface area contributed by atoms with Crippen LogP contribution in [0.15, 0.2) is 18.5 Å². The second kappa shape index (κ2) is 8.35. The van der Waals surface area contributed by atoms with Crippen LogP contribution in [0.2, 0.25) is 0 Å². The molecule has 0 aliphatic heterocycles. The lowest BCUT2D eigenvalue weighted by Gasteiger charge is -2.46. The predicted octanol–water partition coefficient (Wildman–Crippen LogP) is 3.22. The van der Waals surface area contributed by atoms with Gasteiger partial charge in [0.25, 0.3) is 0 Å². The molecule has 21 heavy (non-hydrogen) atoms. The van der Waals surface area contributed by atoms with E-state index in [1.165, 1.54) is 0 Å². The summed E-state index contributed by atoms with van der Waals surface area (Å²) >= 11 is 0. The van der Waals surface area contributed by atoms with Crippen molar-refractivity contribution in [2.24, 2.45) is 0 Å². The first-order chi connectivity index (χ1) is 10.0. The van der Waals surface area contributed by atoms with Gasteiger partial charge in [0.1, 0.15) is 0 Å².